The molecular weight excluding hydrogens is 909 g/mol. The van der Waals surface area contributed by atoms with Crippen molar-refractivity contribution >= 4 is 51.0 Å². The van der Waals surface area contributed by atoms with Crippen LogP contribution in [0.5, 0.6) is 0 Å². The summed E-state index contributed by atoms with van der Waals surface area (Å²) in [5.41, 5.74) is 13.0. The molecule has 0 spiro atoms. The predicted molar refractivity (Wildman–Crippen MR) is 229 cm³/mol. The van der Waals surface area contributed by atoms with Crippen molar-refractivity contribution in [1.82, 2.24) is 4.98 Å². The van der Waals surface area contributed by atoms with Gasteiger partial charge in [-0.25, -0.2) is 0 Å². The van der Waals surface area contributed by atoms with E-state index in [1.807, 2.05) is 48.7 Å². The molecule has 1 unspecified atom stereocenters. The van der Waals surface area contributed by atoms with Crippen molar-refractivity contribution in [2.24, 2.45) is 4.99 Å². The zero-order chi connectivity index (χ0) is 37.5. The minimum absolute atomic E-state index is 0. The van der Waals surface area contributed by atoms with Gasteiger partial charge in [0.25, 0.3) is 0 Å². The molecule has 0 aliphatic carbocycles. The SMILES string of the molecule is CC(C)(C)c1cccc(-c2ccccc2)c1C1C(c2[c-]ccc3c2oc2ccccc23)=Nc2ccccc21.[CH3][Ge]([CH3])([CH3])[c]1ccc(-c2[c-]cccc2)nc1.[Ir]. The van der Waals surface area contributed by atoms with E-state index < -0.39 is 13.3 Å². The van der Waals surface area contributed by atoms with Crippen molar-refractivity contribution in [3.8, 4) is 22.4 Å². The number of nitrogens with zero attached hydrogens (tertiary/aromatic N) is 2. The van der Waals surface area contributed by atoms with Crippen molar-refractivity contribution in [3.63, 3.8) is 0 Å². The summed E-state index contributed by atoms with van der Waals surface area (Å²) >= 11 is -1.72. The summed E-state index contributed by atoms with van der Waals surface area (Å²) in [6.07, 6.45) is 2.04. The summed E-state index contributed by atoms with van der Waals surface area (Å²) in [7, 11) is 0. The largest absolute Gasteiger partial charge is 0 e. The Bertz CT molecular complexity index is 2610. The van der Waals surface area contributed by atoms with Gasteiger partial charge in [-0.1, -0.05) is 117 Å². The third-order valence-electron chi connectivity index (χ3n) is 10.3. The molecule has 0 fully saturated rings. The fraction of sp³-hybridized carbons (Fsp3) is 0.160. The molecule has 0 amide bonds. The van der Waals surface area contributed by atoms with E-state index in [-0.39, 0.29) is 31.4 Å². The Morgan fingerprint density at radius 2 is 1.42 bits per heavy atom. The van der Waals surface area contributed by atoms with Gasteiger partial charge in [-0.2, -0.15) is 0 Å². The topological polar surface area (TPSA) is 38.4 Å². The molecule has 1 aliphatic heterocycles. The Labute approximate surface area is 341 Å². The zero-order valence-electron chi connectivity index (χ0n) is 32.1. The second-order valence-corrected chi connectivity index (χ2v) is 26.7. The second-order valence-electron chi connectivity index (χ2n) is 16.0. The zero-order valence-corrected chi connectivity index (χ0v) is 36.6. The van der Waals surface area contributed by atoms with E-state index in [1.54, 1.807) is 0 Å². The van der Waals surface area contributed by atoms with Gasteiger partial charge in [0.05, 0.1) is 11.3 Å². The first-order chi connectivity index (χ1) is 26.1. The number of aliphatic imine (C=N–C) groups is 1. The summed E-state index contributed by atoms with van der Waals surface area (Å²) in [5, 5.41) is 2.21. The van der Waals surface area contributed by atoms with Crippen molar-refractivity contribution in [2.45, 2.75) is 49.4 Å². The Kier molecular flexibility index (Phi) is 11.0. The fourth-order valence-corrected chi connectivity index (χ4v) is 9.67. The maximum Gasteiger partial charge on any atom is 0 e. The van der Waals surface area contributed by atoms with Gasteiger partial charge in [-0.05, 0) is 51.1 Å². The smallest absolute Gasteiger partial charge is 0 e. The summed E-state index contributed by atoms with van der Waals surface area (Å²) in [5.74, 6) is 7.09. The van der Waals surface area contributed by atoms with Crippen LogP contribution in [-0.2, 0) is 25.5 Å². The maximum atomic E-state index is 6.48. The first kappa shape index (κ1) is 38.4. The van der Waals surface area contributed by atoms with E-state index in [9.17, 15) is 0 Å². The number of hydrogen-bond acceptors (Lipinski definition) is 3. The van der Waals surface area contributed by atoms with Gasteiger partial charge in [0.15, 0.2) is 0 Å². The standard InChI is InChI=1S/C36H28NO.C14H16GeN.Ir/c1-36(2,3)29-20-12-17-24(23-13-5-4-6-14-23)32(29)33-27-16-7-9-21-30(27)37-34(33)28-19-11-18-26-25-15-8-10-22-31(25)38-35(26)28;1-15(2,3)13-9-10-14(16-11-13)12-7-5-4-6-8-12;/h4-18,20-22,33H,1-3H3;4-7,9-11H,1-3H3;/q2*-1;. The summed E-state index contributed by atoms with van der Waals surface area (Å²) in [6.45, 7) is 6.89. The summed E-state index contributed by atoms with van der Waals surface area (Å²) in [6, 6.07) is 57.3. The molecule has 0 N–H and O–H groups in total. The van der Waals surface area contributed by atoms with Gasteiger partial charge in [0, 0.05) is 31.4 Å². The molecule has 55 heavy (non-hydrogen) atoms. The van der Waals surface area contributed by atoms with Crippen LogP contribution in [0, 0.1) is 12.1 Å². The minimum Gasteiger partial charge on any atom is 0 e. The fourth-order valence-electron chi connectivity index (χ4n) is 7.50. The molecule has 0 saturated heterocycles. The van der Waals surface area contributed by atoms with E-state index in [2.05, 4.69) is 158 Å². The third-order valence-corrected chi connectivity index (χ3v) is 14.5. The molecule has 0 bridgehead atoms. The Hall–Kier alpha value is -4.87. The Morgan fingerprint density at radius 1 is 0.673 bits per heavy atom. The number of aromatic nitrogens is 1. The molecule has 1 aliphatic rings. The van der Waals surface area contributed by atoms with Gasteiger partial charge >= 0.3 is 99.8 Å². The normalized spacial score (nSPS) is 13.8. The minimum atomic E-state index is -1.72. The van der Waals surface area contributed by atoms with Gasteiger partial charge in [0.2, 0.25) is 0 Å². The molecule has 3 heterocycles. The summed E-state index contributed by atoms with van der Waals surface area (Å²) in [4.78, 5) is 9.81. The van der Waals surface area contributed by atoms with E-state index in [1.165, 1.54) is 32.2 Å². The molecule has 1 atom stereocenters. The molecule has 9 rings (SSSR count). The monoisotopic (exact) mass is 955 g/mol. The molecule has 6 aromatic carbocycles. The van der Waals surface area contributed by atoms with Crippen LogP contribution in [0.25, 0.3) is 44.3 Å². The maximum absolute atomic E-state index is 6.48. The van der Waals surface area contributed by atoms with Gasteiger partial charge in [0.1, 0.15) is 5.58 Å². The number of benzene rings is 6. The number of fused-ring (bicyclic) bond motifs is 4. The summed E-state index contributed by atoms with van der Waals surface area (Å²) < 4.78 is 7.92. The quantitative estimate of drug-likeness (QED) is 0.127. The molecular formula is C50H44GeIrN2O-2. The number of para-hydroxylation sites is 2. The van der Waals surface area contributed by atoms with E-state index in [4.69, 9.17) is 9.41 Å². The number of furan rings is 1. The van der Waals surface area contributed by atoms with Crippen molar-refractivity contribution in [1.29, 1.82) is 0 Å². The van der Waals surface area contributed by atoms with Crippen molar-refractivity contribution < 1.29 is 24.5 Å². The Morgan fingerprint density at radius 3 is 2.15 bits per heavy atom. The van der Waals surface area contributed by atoms with Crippen LogP contribution >= 0.6 is 0 Å². The molecule has 8 aromatic rings. The van der Waals surface area contributed by atoms with Crippen LogP contribution in [-0.4, -0.2) is 24.0 Å². The Balaban J connectivity index is 0.000000231. The molecule has 275 valence electrons. The van der Waals surface area contributed by atoms with Crippen LogP contribution in [0.2, 0.25) is 17.3 Å². The van der Waals surface area contributed by atoms with Gasteiger partial charge in [-0.3, -0.25) is 4.99 Å². The van der Waals surface area contributed by atoms with Crippen molar-refractivity contribution in [2.75, 3.05) is 0 Å². The second kappa shape index (κ2) is 15.7. The molecule has 2 aromatic heterocycles. The predicted octanol–water partition coefficient (Wildman–Crippen LogP) is 12.7. The third kappa shape index (κ3) is 7.69. The average Bonchev–Trinajstić information content (AvgIpc) is 3.77. The van der Waals surface area contributed by atoms with Gasteiger partial charge in [-0.15, -0.1) is 18.2 Å². The van der Waals surface area contributed by atoms with E-state index in [0.717, 1.165) is 50.2 Å². The van der Waals surface area contributed by atoms with Crippen LogP contribution < -0.4 is 4.40 Å². The molecule has 3 nitrogen and oxygen atoms in total. The first-order valence-corrected chi connectivity index (χ1v) is 26.0. The molecule has 0 saturated carbocycles. The van der Waals surface area contributed by atoms with Crippen LogP contribution in [0.1, 0.15) is 48.9 Å². The van der Waals surface area contributed by atoms with Crippen LogP contribution in [0.3, 0.4) is 0 Å². The van der Waals surface area contributed by atoms with Crippen LogP contribution in [0.15, 0.2) is 161 Å². The molecule has 1 radical (unpaired) electrons. The number of hydrogen-bond donors (Lipinski definition) is 0. The van der Waals surface area contributed by atoms with E-state index >= 15 is 0 Å². The van der Waals surface area contributed by atoms with Crippen molar-refractivity contribution in [3.05, 3.63) is 186 Å². The molecule has 5 heteroatoms. The number of rotatable bonds is 5. The van der Waals surface area contributed by atoms with Crippen LogP contribution in [0.4, 0.5) is 5.69 Å². The average molecular weight is 954 g/mol. The first-order valence-electron chi connectivity index (χ1n) is 18.7. The van der Waals surface area contributed by atoms with E-state index in [0.29, 0.717) is 0 Å². The number of pyridine rings is 1. The van der Waals surface area contributed by atoms with Gasteiger partial charge < -0.3 is 4.42 Å².